The van der Waals surface area contributed by atoms with Crippen molar-refractivity contribution in [2.75, 3.05) is 6.54 Å². The molecular formula is C17H17N3O. The molecule has 3 rings (SSSR count). The number of pyridine rings is 1. The molecule has 4 nitrogen and oxygen atoms in total. The quantitative estimate of drug-likeness (QED) is 0.797. The lowest BCUT2D eigenvalue weighted by molar-refractivity contribution is 0.0747. The van der Waals surface area contributed by atoms with Crippen LogP contribution in [0, 0.1) is 0 Å². The van der Waals surface area contributed by atoms with E-state index in [4.69, 9.17) is 0 Å². The maximum atomic E-state index is 12.6. The maximum absolute atomic E-state index is 12.6. The number of benzene rings is 1. The number of carbonyl (C=O) groups excluding carboxylic acids is 1. The van der Waals surface area contributed by atoms with Crippen LogP contribution in [0.5, 0.6) is 0 Å². The summed E-state index contributed by atoms with van der Waals surface area (Å²) in [6.07, 6.45) is 3.49. The second kappa shape index (κ2) is 5.79. The van der Waals surface area contributed by atoms with Gasteiger partial charge in [-0.15, -0.1) is 0 Å². The maximum Gasteiger partial charge on any atom is 0.270 e. The highest BCUT2D eigenvalue weighted by atomic mass is 16.2. The van der Waals surface area contributed by atoms with Crippen molar-refractivity contribution >= 4 is 16.8 Å². The fraction of sp³-hybridized carbons (Fsp3) is 0.176. The second-order valence-electron chi connectivity index (χ2n) is 4.95. The van der Waals surface area contributed by atoms with E-state index < -0.39 is 0 Å². The van der Waals surface area contributed by atoms with E-state index in [0.717, 1.165) is 16.5 Å². The van der Waals surface area contributed by atoms with Crippen LogP contribution < -0.4 is 0 Å². The van der Waals surface area contributed by atoms with E-state index >= 15 is 0 Å². The highest BCUT2D eigenvalue weighted by molar-refractivity contribution is 5.97. The minimum atomic E-state index is 0.0190. The summed E-state index contributed by atoms with van der Waals surface area (Å²) in [7, 11) is 0. The van der Waals surface area contributed by atoms with Crippen LogP contribution in [0.15, 0.2) is 54.9 Å². The standard InChI is InChI=1S/C17H17N3O/c1-2-20(12-13-7-9-18-10-8-13)17(21)16-11-14-5-3-4-6-15(14)19-16/h3-11,19H,2,12H2,1H3. The van der Waals surface area contributed by atoms with Gasteiger partial charge >= 0.3 is 0 Å². The summed E-state index contributed by atoms with van der Waals surface area (Å²) in [6.45, 7) is 3.24. The number of hydrogen-bond acceptors (Lipinski definition) is 2. The smallest absolute Gasteiger partial charge is 0.270 e. The minimum absolute atomic E-state index is 0.0190. The zero-order valence-corrected chi connectivity index (χ0v) is 11.9. The molecule has 0 aliphatic carbocycles. The number of fused-ring (bicyclic) bond motifs is 1. The monoisotopic (exact) mass is 279 g/mol. The van der Waals surface area contributed by atoms with Crippen LogP contribution in [0.3, 0.4) is 0 Å². The number of aromatic amines is 1. The Kier molecular flexibility index (Phi) is 3.69. The third-order valence-electron chi connectivity index (χ3n) is 3.55. The molecule has 21 heavy (non-hydrogen) atoms. The minimum Gasteiger partial charge on any atom is -0.351 e. The average Bonchev–Trinajstić information content (AvgIpc) is 2.97. The van der Waals surface area contributed by atoms with Crippen LogP contribution in [-0.4, -0.2) is 27.3 Å². The molecule has 1 aromatic carbocycles. The summed E-state index contributed by atoms with van der Waals surface area (Å²) in [5, 5.41) is 1.06. The Morgan fingerprint density at radius 3 is 2.67 bits per heavy atom. The molecule has 0 fully saturated rings. The van der Waals surface area contributed by atoms with Gasteiger partial charge in [-0.05, 0) is 36.8 Å². The van der Waals surface area contributed by atoms with Gasteiger partial charge in [0.2, 0.25) is 0 Å². The summed E-state index contributed by atoms with van der Waals surface area (Å²) in [5.74, 6) is 0.0190. The van der Waals surface area contributed by atoms with Crippen LogP contribution in [-0.2, 0) is 6.54 Å². The van der Waals surface area contributed by atoms with E-state index in [1.165, 1.54) is 0 Å². The number of rotatable bonds is 4. The summed E-state index contributed by atoms with van der Waals surface area (Å²) < 4.78 is 0. The van der Waals surface area contributed by atoms with E-state index in [9.17, 15) is 4.79 Å². The number of H-pyrrole nitrogens is 1. The second-order valence-corrected chi connectivity index (χ2v) is 4.95. The van der Waals surface area contributed by atoms with Gasteiger partial charge in [0.1, 0.15) is 5.69 Å². The van der Waals surface area contributed by atoms with Gasteiger partial charge in [-0.2, -0.15) is 0 Å². The van der Waals surface area contributed by atoms with E-state index in [2.05, 4.69) is 9.97 Å². The van der Waals surface area contributed by atoms with E-state index in [0.29, 0.717) is 18.8 Å². The van der Waals surface area contributed by atoms with Gasteiger partial charge in [-0.1, -0.05) is 18.2 Å². The number of hydrogen-bond donors (Lipinski definition) is 1. The Morgan fingerprint density at radius 2 is 1.95 bits per heavy atom. The topological polar surface area (TPSA) is 49.0 Å². The first-order valence-corrected chi connectivity index (χ1v) is 7.04. The molecule has 0 unspecified atom stereocenters. The molecule has 0 atom stereocenters. The third-order valence-corrected chi connectivity index (χ3v) is 3.55. The zero-order chi connectivity index (χ0) is 14.7. The van der Waals surface area contributed by atoms with Crippen molar-refractivity contribution < 1.29 is 4.79 Å². The van der Waals surface area contributed by atoms with Gasteiger partial charge in [0, 0.05) is 36.4 Å². The number of aromatic nitrogens is 2. The molecule has 0 saturated heterocycles. The summed E-state index contributed by atoms with van der Waals surface area (Å²) >= 11 is 0. The number of carbonyl (C=O) groups is 1. The Morgan fingerprint density at radius 1 is 1.19 bits per heavy atom. The summed E-state index contributed by atoms with van der Waals surface area (Å²) in [5.41, 5.74) is 2.70. The SMILES string of the molecule is CCN(Cc1ccncc1)C(=O)c1cc2ccccc2[nH]1. The molecular weight excluding hydrogens is 262 g/mol. The molecule has 0 saturated carbocycles. The van der Waals surface area contributed by atoms with E-state index in [1.807, 2.05) is 54.3 Å². The molecule has 3 aromatic rings. The Bertz CT molecular complexity index is 716. The van der Waals surface area contributed by atoms with Crippen LogP contribution in [0.4, 0.5) is 0 Å². The largest absolute Gasteiger partial charge is 0.351 e. The summed E-state index contributed by atoms with van der Waals surface area (Å²) in [6, 6.07) is 13.7. The lowest BCUT2D eigenvalue weighted by atomic mass is 10.2. The zero-order valence-electron chi connectivity index (χ0n) is 11.9. The molecule has 2 heterocycles. The highest BCUT2D eigenvalue weighted by Crippen LogP contribution is 2.17. The number of amides is 1. The van der Waals surface area contributed by atoms with Gasteiger partial charge in [0.05, 0.1) is 0 Å². The Balaban J connectivity index is 1.84. The van der Waals surface area contributed by atoms with Crippen LogP contribution in [0.1, 0.15) is 23.0 Å². The number of nitrogens with zero attached hydrogens (tertiary/aromatic N) is 2. The Hall–Kier alpha value is -2.62. The van der Waals surface area contributed by atoms with Crippen LogP contribution >= 0.6 is 0 Å². The van der Waals surface area contributed by atoms with Crippen molar-refractivity contribution in [1.82, 2.24) is 14.9 Å². The van der Waals surface area contributed by atoms with Crippen molar-refractivity contribution in [3.05, 3.63) is 66.1 Å². The molecule has 1 amide bonds. The van der Waals surface area contributed by atoms with E-state index in [-0.39, 0.29) is 5.91 Å². The molecule has 1 N–H and O–H groups in total. The summed E-state index contributed by atoms with van der Waals surface area (Å²) in [4.78, 5) is 21.6. The highest BCUT2D eigenvalue weighted by Gasteiger charge is 2.16. The number of nitrogens with one attached hydrogen (secondary N) is 1. The first kappa shape index (κ1) is 13.4. The molecule has 0 radical (unpaired) electrons. The van der Waals surface area contributed by atoms with Gasteiger partial charge in [-0.3, -0.25) is 9.78 Å². The van der Waals surface area contributed by atoms with Gasteiger partial charge < -0.3 is 9.88 Å². The first-order chi connectivity index (χ1) is 10.3. The van der Waals surface area contributed by atoms with Crippen LogP contribution in [0.2, 0.25) is 0 Å². The Labute approximate surface area is 123 Å². The number of para-hydroxylation sites is 1. The molecule has 0 bridgehead atoms. The fourth-order valence-electron chi connectivity index (χ4n) is 2.39. The van der Waals surface area contributed by atoms with Crippen LogP contribution in [0.25, 0.3) is 10.9 Å². The van der Waals surface area contributed by atoms with Gasteiger partial charge in [0.15, 0.2) is 0 Å². The third kappa shape index (κ3) is 2.79. The van der Waals surface area contributed by atoms with Crippen molar-refractivity contribution in [3.8, 4) is 0 Å². The molecule has 0 spiro atoms. The molecule has 2 aromatic heterocycles. The lowest BCUT2D eigenvalue weighted by Gasteiger charge is -2.20. The van der Waals surface area contributed by atoms with Gasteiger partial charge in [-0.25, -0.2) is 0 Å². The van der Waals surface area contributed by atoms with Crippen molar-refractivity contribution in [2.45, 2.75) is 13.5 Å². The first-order valence-electron chi connectivity index (χ1n) is 7.04. The molecule has 0 aliphatic heterocycles. The molecule has 4 heteroatoms. The molecule has 106 valence electrons. The fourth-order valence-corrected chi connectivity index (χ4v) is 2.39. The van der Waals surface area contributed by atoms with Crippen molar-refractivity contribution in [2.24, 2.45) is 0 Å². The molecule has 0 aliphatic rings. The average molecular weight is 279 g/mol. The normalized spacial score (nSPS) is 10.7. The van der Waals surface area contributed by atoms with Crippen molar-refractivity contribution in [3.63, 3.8) is 0 Å². The predicted octanol–water partition coefficient (Wildman–Crippen LogP) is 3.23. The van der Waals surface area contributed by atoms with Crippen molar-refractivity contribution in [1.29, 1.82) is 0 Å². The predicted molar refractivity (Wildman–Crippen MR) is 83.0 cm³/mol. The lowest BCUT2D eigenvalue weighted by Crippen LogP contribution is -2.30. The van der Waals surface area contributed by atoms with E-state index in [1.54, 1.807) is 12.4 Å². The van der Waals surface area contributed by atoms with Gasteiger partial charge in [0.25, 0.3) is 5.91 Å².